The van der Waals surface area contributed by atoms with Crippen molar-refractivity contribution < 1.29 is 9.18 Å². The lowest BCUT2D eigenvalue weighted by Crippen LogP contribution is -2.38. The molecule has 0 radical (unpaired) electrons. The normalized spacial score (nSPS) is 14.8. The van der Waals surface area contributed by atoms with Crippen molar-refractivity contribution in [3.05, 3.63) is 77.7 Å². The molecule has 4 rings (SSSR count). The highest BCUT2D eigenvalue weighted by molar-refractivity contribution is 5.94. The van der Waals surface area contributed by atoms with Gasteiger partial charge in [0, 0.05) is 24.6 Å². The zero-order valence-corrected chi connectivity index (χ0v) is 15.4. The third-order valence-electron chi connectivity index (χ3n) is 5.20. The van der Waals surface area contributed by atoms with E-state index in [1.165, 1.54) is 12.1 Å². The fraction of sp³-hybridized carbons (Fsp3) is 0.227. The summed E-state index contributed by atoms with van der Waals surface area (Å²) in [6.07, 6.45) is 1.71. The van der Waals surface area contributed by atoms with Crippen LogP contribution in [0.15, 0.2) is 60.7 Å². The number of hydrogen-bond acceptors (Lipinski definition) is 4. The van der Waals surface area contributed by atoms with E-state index in [2.05, 4.69) is 10.2 Å². The van der Waals surface area contributed by atoms with Gasteiger partial charge in [-0.25, -0.2) is 4.39 Å². The van der Waals surface area contributed by atoms with Crippen LogP contribution in [0.5, 0.6) is 0 Å². The van der Waals surface area contributed by atoms with Gasteiger partial charge in [-0.05, 0) is 60.4 Å². The first-order valence-corrected chi connectivity index (χ1v) is 9.34. The lowest BCUT2D eigenvalue weighted by molar-refractivity contribution is 0.0712. The van der Waals surface area contributed by atoms with E-state index in [0.29, 0.717) is 30.4 Å². The molecule has 142 valence electrons. The summed E-state index contributed by atoms with van der Waals surface area (Å²) in [4.78, 5) is 14.7. The van der Waals surface area contributed by atoms with Gasteiger partial charge in [0.15, 0.2) is 0 Å². The first-order valence-electron chi connectivity index (χ1n) is 9.34. The Morgan fingerprint density at radius 2 is 1.71 bits per heavy atom. The summed E-state index contributed by atoms with van der Waals surface area (Å²) in [5.74, 6) is 0.463. The molecule has 1 aliphatic heterocycles. The minimum absolute atomic E-state index is 0.0210. The molecule has 0 unspecified atom stereocenters. The molecule has 0 aliphatic carbocycles. The molecule has 1 aliphatic rings. The standard InChI is InChI=1S/C22H21FN4O/c23-19-3-1-2-18(14-19)15-4-6-17(7-5-15)22(28)27-12-10-16(11-13-27)20-8-9-21(24)26-25-20/h1-9,14,16H,10-13H2,(H2,24,26). The lowest BCUT2D eigenvalue weighted by Gasteiger charge is -2.31. The maximum Gasteiger partial charge on any atom is 0.253 e. The number of nitrogen functional groups attached to an aromatic ring is 1. The number of rotatable bonds is 3. The van der Waals surface area contributed by atoms with E-state index in [0.717, 1.165) is 29.7 Å². The topological polar surface area (TPSA) is 72.1 Å². The fourth-order valence-electron chi connectivity index (χ4n) is 3.60. The van der Waals surface area contributed by atoms with Gasteiger partial charge in [-0.1, -0.05) is 24.3 Å². The van der Waals surface area contributed by atoms with E-state index in [1.54, 1.807) is 24.3 Å². The molecule has 1 aromatic heterocycles. The van der Waals surface area contributed by atoms with E-state index < -0.39 is 0 Å². The summed E-state index contributed by atoms with van der Waals surface area (Å²) < 4.78 is 13.4. The van der Waals surface area contributed by atoms with Gasteiger partial charge in [0.1, 0.15) is 11.6 Å². The van der Waals surface area contributed by atoms with Crippen LogP contribution < -0.4 is 5.73 Å². The number of halogens is 1. The fourth-order valence-corrected chi connectivity index (χ4v) is 3.60. The molecule has 1 fully saturated rings. The molecule has 2 N–H and O–H groups in total. The molecule has 1 amide bonds. The van der Waals surface area contributed by atoms with Crippen LogP contribution in [-0.2, 0) is 0 Å². The number of carbonyl (C=O) groups is 1. The lowest BCUT2D eigenvalue weighted by atomic mass is 9.93. The molecule has 0 bridgehead atoms. The first kappa shape index (κ1) is 18.1. The molecule has 0 spiro atoms. The second-order valence-electron chi connectivity index (χ2n) is 7.04. The molecular weight excluding hydrogens is 355 g/mol. The zero-order valence-electron chi connectivity index (χ0n) is 15.4. The highest BCUT2D eigenvalue weighted by Gasteiger charge is 2.25. The third-order valence-corrected chi connectivity index (χ3v) is 5.20. The maximum atomic E-state index is 13.4. The number of likely N-dealkylation sites (tertiary alicyclic amines) is 1. The highest BCUT2D eigenvalue weighted by Crippen LogP contribution is 2.28. The molecule has 2 heterocycles. The van der Waals surface area contributed by atoms with Crippen LogP contribution in [-0.4, -0.2) is 34.1 Å². The first-order chi connectivity index (χ1) is 13.6. The number of benzene rings is 2. The summed E-state index contributed by atoms with van der Waals surface area (Å²) in [5, 5.41) is 8.09. The quantitative estimate of drug-likeness (QED) is 0.753. The maximum absolute atomic E-state index is 13.4. The van der Waals surface area contributed by atoms with Crippen LogP contribution in [0.1, 0.15) is 34.8 Å². The van der Waals surface area contributed by atoms with Crippen molar-refractivity contribution in [2.24, 2.45) is 0 Å². The second-order valence-corrected chi connectivity index (χ2v) is 7.04. The Morgan fingerprint density at radius 1 is 0.964 bits per heavy atom. The minimum atomic E-state index is -0.272. The summed E-state index contributed by atoms with van der Waals surface area (Å²) in [6, 6.07) is 17.4. The minimum Gasteiger partial charge on any atom is -0.382 e. The van der Waals surface area contributed by atoms with Crippen LogP contribution in [0.25, 0.3) is 11.1 Å². The van der Waals surface area contributed by atoms with E-state index in [9.17, 15) is 9.18 Å². The average molecular weight is 376 g/mol. The smallest absolute Gasteiger partial charge is 0.253 e. The predicted molar refractivity (Wildman–Crippen MR) is 106 cm³/mol. The molecule has 3 aromatic rings. The number of amides is 1. The van der Waals surface area contributed by atoms with Crippen LogP contribution >= 0.6 is 0 Å². The van der Waals surface area contributed by atoms with Gasteiger partial charge in [0.2, 0.25) is 0 Å². The number of aromatic nitrogens is 2. The Hall–Kier alpha value is -3.28. The molecular formula is C22H21FN4O. The molecule has 2 aromatic carbocycles. The Balaban J connectivity index is 1.40. The monoisotopic (exact) mass is 376 g/mol. The van der Waals surface area contributed by atoms with Crippen molar-refractivity contribution in [2.45, 2.75) is 18.8 Å². The predicted octanol–water partition coefficient (Wildman–Crippen LogP) is 3.88. The van der Waals surface area contributed by atoms with E-state index in [4.69, 9.17) is 5.73 Å². The highest BCUT2D eigenvalue weighted by atomic mass is 19.1. The molecule has 28 heavy (non-hydrogen) atoms. The van der Waals surface area contributed by atoms with E-state index >= 15 is 0 Å². The molecule has 0 atom stereocenters. The number of anilines is 1. The number of piperidine rings is 1. The van der Waals surface area contributed by atoms with Gasteiger partial charge < -0.3 is 10.6 Å². The second kappa shape index (κ2) is 7.76. The largest absolute Gasteiger partial charge is 0.382 e. The number of nitrogens with zero attached hydrogens (tertiary/aromatic N) is 3. The van der Waals surface area contributed by atoms with Crippen LogP contribution in [0.4, 0.5) is 10.2 Å². The summed E-state index contributed by atoms with van der Waals surface area (Å²) >= 11 is 0. The molecule has 6 heteroatoms. The van der Waals surface area contributed by atoms with Crippen LogP contribution in [0.3, 0.4) is 0 Å². The van der Waals surface area contributed by atoms with Gasteiger partial charge >= 0.3 is 0 Å². The molecule has 5 nitrogen and oxygen atoms in total. The third kappa shape index (κ3) is 3.86. The summed E-state index contributed by atoms with van der Waals surface area (Å²) in [7, 11) is 0. The van der Waals surface area contributed by atoms with Gasteiger partial charge in [-0.3, -0.25) is 4.79 Å². The van der Waals surface area contributed by atoms with Crippen LogP contribution in [0.2, 0.25) is 0 Å². The molecule has 0 saturated carbocycles. The van der Waals surface area contributed by atoms with Crippen molar-refractivity contribution in [3.63, 3.8) is 0 Å². The van der Waals surface area contributed by atoms with Gasteiger partial charge in [0.05, 0.1) is 5.69 Å². The van der Waals surface area contributed by atoms with Crippen molar-refractivity contribution in [2.75, 3.05) is 18.8 Å². The summed E-state index contributed by atoms with van der Waals surface area (Å²) in [5.41, 5.74) is 8.85. The Kier molecular flexibility index (Phi) is 5.02. The van der Waals surface area contributed by atoms with E-state index in [1.807, 2.05) is 29.2 Å². The van der Waals surface area contributed by atoms with E-state index in [-0.39, 0.29) is 11.7 Å². The summed E-state index contributed by atoms with van der Waals surface area (Å²) in [6.45, 7) is 1.36. The SMILES string of the molecule is Nc1ccc(C2CCN(C(=O)c3ccc(-c4cccc(F)c4)cc3)CC2)nn1. The average Bonchev–Trinajstić information content (AvgIpc) is 2.74. The zero-order chi connectivity index (χ0) is 19.5. The van der Waals surface area contributed by atoms with Crippen molar-refractivity contribution >= 4 is 11.7 Å². The van der Waals surface area contributed by atoms with Crippen molar-refractivity contribution in [1.29, 1.82) is 0 Å². The molecule has 1 saturated heterocycles. The number of carbonyl (C=O) groups excluding carboxylic acids is 1. The van der Waals surface area contributed by atoms with Crippen molar-refractivity contribution in [1.82, 2.24) is 15.1 Å². The Morgan fingerprint density at radius 3 is 2.36 bits per heavy atom. The van der Waals surface area contributed by atoms with Gasteiger partial charge in [0.25, 0.3) is 5.91 Å². The van der Waals surface area contributed by atoms with Crippen LogP contribution in [0, 0.1) is 5.82 Å². The number of nitrogens with two attached hydrogens (primary N) is 1. The van der Waals surface area contributed by atoms with Gasteiger partial charge in [-0.15, -0.1) is 5.10 Å². The van der Waals surface area contributed by atoms with Gasteiger partial charge in [-0.2, -0.15) is 5.10 Å². The van der Waals surface area contributed by atoms with Crippen molar-refractivity contribution in [3.8, 4) is 11.1 Å². The Bertz CT molecular complexity index is 965. The number of hydrogen-bond donors (Lipinski definition) is 1. The Labute approximate surface area is 163 Å².